The van der Waals surface area contributed by atoms with E-state index in [2.05, 4.69) is 30.2 Å². The van der Waals surface area contributed by atoms with Crippen molar-refractivity contribution in [2.24, 2.45) is 22.6 Å². The van der Waals surface area contributed by atoms with Crippen LogP contribution in [-0.2, 0) is 6.54 Å². The van der Waals surface area contributed by atoms with E-state index in [1.165, 1.54) is 30.9 Å². The smallest absolute Gasteiger partial charge is 0.272 e. The fourth-order valence-corrected chi connectivity index (χ4v) is 4.79. The van der Waals surface area contributed by atoms with Crippen LogP contribution in [0.15, 0.2) is 35.7 Å². The van der Waals surface area contributed by atoms with Gasteiger partial charge in [-0.05, 0) is 42.2 Å². The van der Waals surface area contributed by atoms with Crippen LogP contribution in [-0.4, -0.2) is 45.0 Å². The van der Waals surface area contributed by atoms with E-state index in [-0.39, 0.29) is 18.2 Å². The monoisotopic (exact) mass is 469 g/mol. The number of rotatable bonds is 6. The van der Waals surface area contributed by atoms with Gasteiger partial charge in [-0.2, -0.15) is 0 Å². The minimum atomic E-state index is -2.56. The molecule has 176 valence electrons. The number of fused-ring (bicyclic) bond motifs is 2. The molecule has 0 aliphatic heterocycles. The van der Waals surface area contributed by atoms with Crippen molar-refractivity contribution in [2.45, 2.75) is 31.2 Å². The number of nitrogens with zero attached hydrogens (tertiary/aromatic N) is 4. The summed E-state index contributed by atoms with van der Waals surface area (Å²) in [6, 6.07) is 4.34. The maximum Gasteiger partial charge on any atom is 0.272 e. The number of benzene rings is 1. The first kappa shape index (κ1) is 22.1. The molecule has 0 radical (unpaired) electrons. The number of allylic oxidation sites excluding steroid dienone is 1. The summed E-state index contributed by atoms with van der Waals surface area (Å²) in [5.41, 5.74) is 7.92. The number of aromatic nitrogens is 4. The topological polar surface area (TPSA) is 122 Å². The van der Waals surface area contributed by atoms with Crippen LogP contribution in [0.3, 0.4) is 0 Å². The third kappa shape index (κ3) is 3.80. The fraction of sp³-hybridized carbons (Fsp3) is 0.348. The van der Waals surface area contributed by atoms with Gasteiger partial charge in [0.25, 0.3) is 11.8 Å². The molecule has 34 heavy (non-hydrogen) atoms. The van der Waals surface area contributed by atoms with Crippen LogP contribution in [0.5, 0.6) is 0 Å². The fourth-order valence-electron chi connectivity index (χ4n) is 4.79. The Morgan fingerprint density at radius 3 is 2.76 bits per heavy atom. The number of carbonyl (C=O) groups excluding carboxylic acids is 1. The van der Waals surface area contributed by atoms with Gasteiger partial charge in [0.2, 0.25) is 0 Å². The maximum absolute atomic E-state index is 14.1. The number of halogens is 3. The summed E-state index contributed by atoms with van der Waals surface area (Å²) in [5, 5.41) is 2.73. The van der Waals surface area contributed by atoms with Gasteiger partial charge in [0.05, 0.1) is 0 Å². The van der Waals surface area contributed by atoms with Crippen molar-refractivity contribution in [3.8, 4) is 0 Å². The molecule has 2 aliphatic rings. The Bertz CT molecular complexity index is 1320. The van der Waals surface area contributed by atoms with E-state index in [1.807, 2.05) is 0 Å². The van der Waals surface area contributed by atoms with E-state index in [1.54, 1.807) is 13.1 Å². The van der Waals surface area contributed by atoms with Crippen molar-refractivity contribution in [2.75, 3.05) is 7.05 Å². The number of nitrogens with one attached hydrogen (secondary N) is 2. The van der Waals surface area contributed by atoms with Gasteiger partial charge < -0.3 is 16.0 Å². The van der Waals surface area contributed by atoms with Gasteiger partial charge in [-0.1, -0.05) is 0 Å². The first-order valence-corrected chi connectivity index (χ1v) is 10.8. The number of nitrogens with two attached hydrogens (primary N) is 1. The van der Waals surface area contributed by atoms with E-state index in [0.717, 1.165) is 0 Å². The lowest BCUT2D eigenvalue weighted by Crippen LogP contribution is -2.24. The highest BCUT2D eigenvalue weighted by Gasteiger charge is 2.71. The maximum atomic E-state index is 14.1. The lowest BCUT2D eigenvalue weighted by atomic mass is 10.0. The Morgan fingerprint density at radius 2 is 2.06 bits per heavy atom. The van der Waals surface area contributed by atoms with Crippen molar-refractivity contribution in [3.63, 3.8) is 0 Å². The molecule has 1 amide bonds. The Balaban J connectivity index is 1.33. The molecule has 0 spiro atoms. The van der Waals surface area contributed by atoms with E-state index in [9.17, 15) is 18.0 Å². The molecular weight excluding hydrogens is 447 g/mol. The molecule has 2 unspecified atom stereocenters. The lowest BCUT2D eigenvalue weighted by molar-refractivity contribution is 0.0691. The first-order valence-electron chi connectivity index (χ1n) is 10.8. The van der Waals surface area contributed by atoms with Gasteiger partial charge in [-0.15, -0.1) is 0 Å². The highest BCUT2D eigenvalue weighted by atomic mass is 19.3. The molecule has 2 aliphatic carbocycles. The number of carbonyl (C=O) groups is 1. The van der Waals surface area contributed by atoms with Crippen LogP contribution in [0.2, 0.25) is 0 Å². The molecular formula is C23H22F3N7O. The SMILES string of the molecule is CN=CC(=CN)c1cc(F)cc(CNC(=O)c2ncnc3nc(C4CC5C(C4)C5(F)F)[nH]c23)c1. The van der Waals surface area contributed by atoms with Crippen LogP contribution in [0.1, 0.15) is 46.2 Å². The zero-order chi connectivity index (χ0) is 24.0. The van der Waals surface area contributed by atoms with E-state index < -0.39 is 29.5 Å². The number of aromatic amines is 1. The largest absolute Gasteiger partial charge is 0.404 e. The first-order chi connectivity index (χ1) is 16.3. The molecule has 2 saturated carbocycles. The Labute approximate surface area is 192 Å². The Kier molecular flexibility index (Phi) is 5.34. The summed E-state index contributed by atoms with van der Waals surface area (Å²) in [7, 11) is 1.58. The second kappa shape index (κ2) is 8.23. The zero-order valence-electron chi connectivity index (χ0n) is 18.2. The van der Waals surface area contributed by atoms with Crippen molar-refractivity contribution < 1.29 is 18.0 Å². The molecule has 2 heterocycles. The molecule has 4 N–H and O–H groups in total. The number of amides is 1. The zero-order valence-corrected chi connectivity index (χ0v) is 18.2. The van der Waals surface area contributed by atoms with Crippen molar-refractivity contribution in [3.05, 3.63) is 59.2 Å². The van der Waals surface area contributed by atoms with Gasteiger partial charge in [0.15, 0.2) is 11.3 Å². The molecule has 8 nitrogen and oxygen atoms in total. The quantitative estimate of drug-likeness (QED) is 0.479. The van der Waals surface area contributed by atoms with Gasteiger partial charge in [-0.3, -0.25) is 9.79 Å². The average Bonchev–Trinajstić information content (AvgIpc) is 3.23. The van der Waals surface area contributed by atoms with Crippen molar-refractivity contribution >= 4 is 28.9 Å². The van der Waals surface area contributed by atoms with Crippen molar-refractivity contribution in [1.82, 2.24) is 25.3 Å². The van der Waals surface area contributed by atoms with Crippen LogP contribution in [0.25, 0.3) is 16.7 Å². The molecule has 11 heteroatoms. The minimum absolute atomic E-state index is 0.0400. The summed E-state index contributed by atoms with van der Waals surface area (Å²) in [5.74, 6) is -4.30. The Hall–Kier alpha value is -3.76. The summed E-state index contributed by atoms with van der Waals surface area (Å²) >= 11 is 0. The molecule has 1 aromatic carbocycles. The number of hydrogen-bond acceptors (Lipinski definition) is 6. The summed E-state index contributed by atoms with van der Waals surface area (Å²) in [4.78, 5) is 32.4. The van der Waals surface area contributed by atoms with E-state index >= 15 is 0 Å². The molecule has 0 saturated heterocycles. The number of imidazole rings is 1. The van der Waals surface area contributed by atoms with E-state index in [4.69, 9.17) is 5.73 Å². The number of alkyl halides is 2. The third-order valence-corrected chi connectivity index (χ3v) is 6.54. The predicted molar refractivity (Wildman–Crippen MR) is 120 cm³/mol. The normalized spacial score (nSPS) is 23.4. The second-order valence-corrected chi connectivity index (χ2v) is 8.64. The second-order valence-electron chi connectivity index (χ2n) is 8.64. The lowest BCUT2D eigenvalue weighted by Gasteiger charge is -2.10. The van der Waals surface area contributed by atoms with Gasteiger partial charge in [0.1, 0.15) is 23.5 Å². The molecule has 2 aromatic heterocycles. The highest BCUT2D eigenvalue weighted by Crippen LogP contribution is 2.67. The molecule has 2 atom stereocenters. The molecule has 3 aromatic rings. The molecule has 2 fully saturated rings. The number of aliphatic imine (C=N–C) groups is 1. The van der Waals surface area contributed by atoms with Crippen LogP contribution >= 0.6 is 0 Å². The van der Waals surface area contributed by atoms with Gasteiger partial charge in [0, 0.05) is 49.3 Å². The molecule has 5 rings (SSSR count). The van der Waals surface area contributed by atoms with Crippen LogP contribution < -0.4 is 11.1 Å². The minimum Gasteiger partial charge on any atom is -0.404 e. The third-order valence-electron chi connectivity index (χ3n) is 6.54. The Morgan fingerprint density at radius 1 is 1.29 bits per heavy atom. The summed E-state index contributed by atoms with van der Waals surface area (Å²) in [6.45, 7) is 0.0400. The van der Waals surface area contributed by atoms with Crippen molar-refractivity contribution in [1.29, 1.82) is 0 Å². The van der Waals surface area contributed by atoms with Gasteiger partial charge in [-0.25, -0.2) is 28.1 Å². The molecule has 0 bridgehead atoms. The predicted octanol–water partition coefficient (Wildman–Crippen LogP) is 3.18. The average molecular weight is 469 g/mol. The van der Waals surface area contributed by atoms with Gasteiger partial charge >= 0.3 is 0 Å². The highest BCUT2D eigenvalue weighted by molar-refractivity contribution is 6.09. The standard InChI is InChI=1S/C23H22F3N7O/c1-28-9-14(7-27)12-2-11(3-15(24)4-12)8-29-22(34)19-18-21(31-10-30-19)33-20(32-18)13-5-16-17(6-13)23(16,25)26/h2-4,7,9-10,13,16-17H,5-6,8,27H2,1H3,(H,29,34)(H,30,31,32,33). The van der Waals surface area contributed by atoms with E-state index in [0.29, 0.717) is 46.5 Å². The summed E-state index contributed by atoms with van der Waals surface area (Å²) < 4.78 is 41.2. The van der Waals surface area contributed by atoms with Crippen LogP contribution in [0.4, 0.5) is 13.2 Å². The number of H-pyrrole nitrogens is 1. The summed E-state index contributed by atoms with van der Waals surface area (Å²) in [6.07, 6.45) is 4.78. The number of hydrogen-bond donors (Lipinski definition) is 3. The van der Waals surface area contributed by atoms with Crippen LogP contribution in [0, 0.1) is 17.7 Å².